The van der Waals surface area contributed by atoms with Crippen LogP contribution in [0, 0.1) is 5.82 Å². The molecule has 4 heteroatoms. The summed E-state index contributed by atoms with van der Waals surface area (Å²) in [5.41, 5.74) is 1.92. The highest BCUT2D eigenvalue weighted by atomic mass is 19.1. The summed E-state index contributed by atoms with van der Waals surface area (Å²) >= 11 is 0. The van der Waals surface area contributed by atoms with E-state index in [0.717, 1.165) is 25.1 Å². The number of hydrogen-bond donors (Lipinski definition) is 0. The Hall–Kier alpha value is -2.36. The average molecular weight is 301 g/mol. The Morgan fingerprint density at radius 2 is 1.86 bits per heavy atom. The van der Waals surface area contributed by atoms with Gasteiger partial charge in [0.1, 0.15) is 18.2 Å². The van der Waals surface area contributed by atoms with Crippen molar-refractivity contribution < 1.29 is 13.9 Å². The molecule has 0 atom stereocenters. The molecule has 2 aromatic rings. The number of halogens is 1. The molecule has 0 unspecified atom stereocenters. The molecule has 0 aliphatic heterocycles. The summed E-state index contributed by atoms with van der Waals surface area (Å²) in [5, 5.41) is 0. The lowest BCUT2D eigenvalue weighted by molar-refractivity contribution is 0.111. The molecular weight excluding hydrogens is 281 g/mol. The van der Waals surface area contributed by atoms with E-state index in [4.69, 9.17) is 4.74 Å². The highest BCUT2D eigenvalue weighted by Crippen LogP contribution is 2.26. The molecule has 0 aliphatic carbocycles. The van der Waals surface area contributed by atoms with E-state index < -0.39 is 0 Å². The second-order valence-corrected chi connectivity index (χ2v) is 4.89. The van der Waals surface area contributed by atoms with Crippen LogP contribution in [0.25, 0.3) is 0 Å². The first-order chi connectivity index (χ1) is 10.7. The van der Waals surface area contributed by atoms with Crippen LogP contribution < -0.4 is 9.64 Å². The second-order valence-electron chi connectivity index (χ2n) is 4.89. The normalized spacial score (nSPS) is 10.3. The third-order valence-electron chi connectivity index (χ3n) is 3.59. The molecule has 0 radical (unpaired) electrons. The number of ether oxygens (including phenoxy) is 1. The molecule has 0 saturated heterocycles. The maximum Gasteiger partial charge on any atom is 0.153 e. The number of rotatable bonds is 7. The zero-order valence-electron chi connectivity index (χ0n) is 12.9. The molecule has 22 heavy (non-hydrogen) atoms. The highest BCUT2D eigenvalue weighted by Gasteiger charge is 2.09. The van der Waals surface area contributed by atoms with E-state index in [-0.39, 0.29) is 12.4 Å². The fraction of sp³-hybridized carbons (Fsp3) is 0.278. The first kappa shape index (κ1) is 16.0. The predicted octanol–water partition coefficient (Wildman–Crippen LogP) is 4.06. The molecule has 116 valence electrons. The van der Waals surface area contributed by atoms with Crippen molar-refractivity contribution in [1.82, 2.24) is 0 Å². The van der Waals surface area contributed by atoms with Crippen molar-refractivity contribution in [3.8, 4) is 5.75 Å². The van der Waals surface area contributed by atoms with Crippen LogP contribution in [0.1, 0.15) is 29.8 Å². The van der Waals surface area contributed by atoms with Gasteiger partial charge in [0.15, 0.2) is 6.29 Å². The Morgan fingerprint density at radius 3 is 2.50 bits per heavy atom. The van der Waals surface area contributed by atoms with Crippen LogP contribution in [0.5, 0.6) is 5.75 Å². The molecule has 0 bridgehead atoms. The minimum Gasteiger partial charge on any atom is -0.488 e. The van der Waals surface area contributed by atoms with E-state index in [0.29, 0.717) is 16.9 Å². The Bertz CT molecular complexity index is 639. The number of anilines is 1. The zero-order chi connectivity index (χ0) is 15.9. The van der Waals surface area contributed by atoms with Crippen molar-refractivity contribution in [2.45, 2.75) is 20.5 Å². The standard InChI is InChI=1S/C18H20FNO2/c1-3-20(4-2)16-10-9-14(12-21)18(11-16)22-13-15-7-5-6-8-17(15)19/h5-12H,3-4,13H2,1-2H3. The van der Waals surface area contributed by atoms with Gasteiger partial charge in [-0.25, -0.2) is 4.39 Å². The maximum absolute atomic E-state index is 13.6. The second kappa shape index (κ2) is 7.59. The molecule has 3 nitrogen and oxygen atoms in total. The fourth-order valence-electron chi connectivity index (χ4n) is 2.30. The van der Waals surface area contributed by atoms with Crippen molar-refractivity contribution >= 4 is 12.0 Å². The van der Waals surface area contributed by atoms with Crippen LogP contribution in [0.15, 0.2) is 42.5 Å². The van der Waals surface area contributed by atoms with Gasteiger partial charge in [-0.2, -0.15) is 0 Å². The van der Waals surface area contributed by atoms with Crippen molar-refractivity contribution in [3.05, 3.63) is 59.4 Å². The number of carbonyl (C=O) groups excluding carboxylic acids is 1. The van der Waals surface area contributed by atoms with Crippen LogP contribution in [0.3, 0.4) is 0 Å². The molecule has 2 rings (SSSR count). The fourth-order valence-corrected chi connectivity index (χ4v) is 2.30. The maximum atomic E-state index is 13.6. The molecule has 0 amide bonds. The van der Waals surface area contributed by atoms with Crippen LogP contribution in [0.4, 0.5) is 10.1 Å². The summed E-state index contributed by atoms with van der Waals surface area (Å²) in [7, 11) is 0. The quantitative estimate of drug-likeness (QED) is 0.722. The summed E-state index contributed by atoms with van der Waals surface area (Å²) in [5.74, 6) is 0.165. The Morgan fingerprint density at radius 1 is 1.14 bits per heavy atom. The summed E-state index contributed by atoms with van der Waals surface area (Å²) in [6, 6.07) is 11.9. The van der Waals surface area contributed by atoms with Gasteiger partial charge >= 0.3 is 0 Å². The van der Waals surface area contributed by atoms with Gasteiger partial charge in [-0.15, -0.1) is 0 Å². The summed E-state index contributed by atoms with van der Waals surface area (Å²) < 4.78 is 19.3. The van der Waals surface area contributed by atoms with E-state index in [1.165, 1.54) is 6.07 Å². The van der Waals surface area contributed by atoms with Gasteiger partial charge in [-0.1, -0.05) is 18.2 Å². The van der Waals surface area contributed by atoms with Gasteiger partial charge in [0.25, 0.3) is 0 Å². The monoisotopic (exact) mass is 301 g/mol. The SMILES string of the molecule is CCN(CC)c1ccc(C=O)c(OCc2ccccc2F)c1. The van der Waals surface area contributed by atoms with E-state index in [9.17, 15) is 9.18 Å². The minimum atomic E-state index is -0.310. The topological polar surface area (TPSA) is 29.5 Å². The minimum absolute atomic E-state index is 0.0925. The lowest BCUT2D eigenvalue weighted by Gasteiger charge is -2.22. The van der Waals surface area contributed by atoms with Crippen LogP contribution in [-0.2, 0) is 6.61 Å². The third-order valence-corrected chi connectivity index (χ3v) is 3.59. The molecule has 0 aromatic heterocycles. The van der Waals surface area contributed by atoms with Gasteiger partial charge < -0.3 is 9.64 Å². The highest BCUT2D eigenvalue weighted by molar-refractivity contribution is 5.80. The Balaban J connectivity index is 2.23. The van der Waals surface area contributed by atoms with Crippen molar-refractivity contribution in [2.75, 3.05) is 18.0 Å². The van der Waals surface area contributed by atoms with Crippen molar-refractivity contribution in [2.24, 2.45) is 0 Å². The molecule has 2 aromatic carbocycles. The van der Waals surface area contributed by atoms with E-state index in [2.05, 4.69) is 18.7 Å². The molecule has 0 aliphatic rings. The van der Waals surface area contributed by atoms with Crippen molar-refractivity contribution in [1.29, 1.82) is 0 Å². The summed E-state index contributed by atoms with van der Waals surface area (Å²) in [6.07, 6.45) is 0.753. The van der Waals surface area contributed by atoms with Crippen molar-refractivity contribution in [3.63, 3.8) is 0 Å². The van der Waals surface area contributed by atoms with Gasteiger partial charge in [0.2, 0.25) is 0 Å². The van der Waals surface area contributed by atoms with Crippen LogP contribution in [-0.4, -0.2) is 19.4 Å². The van der Waals surface area contributed by atoms with Gasteiger partial charge in [0, 0.05) is 30.4 Å². The molecule has 0 heterocycles. The van der Waals surface area contributed by atoms with Gasteiger partial charge in [-0.3, -0.25) is 4.79 Å². The van der Waals surface area contributed by atoms with Gasteiger partial charge in [-0.05, 0) is 32.0 Å². The lowest BCUT2D eigenvalue weighted by atomic mass is 10.1. The number of carbonyl (C=O) groups is 1. The number of aldehydes is 1. The van der Waals surface area contributed by atoms with Crippen LogP contribution >= 0.6 is 0 Å². The first-order valence-corrected chi connectivity index (χ1v) is 7.40. The largest absolute Gasteiger partial charge is 0.488 e. The molecular formula is C18H20FNO2. The van der Waals surface area contributed by atoms with E-state index >= 15 is 0 Å². The smallest absolute Gasteiger partial charge is 0.153 e. The third kappa shape index (κ3) is 3.64. The van der Waals surface area contributed by atoms with Gasteiger partial charge in [0.05, 0.1) is 5.56 Å². The molecule has 0 N–H and O–H groups in total. The lowest BCUT2D eigenvalue weighted by Crippen LogP contribution is -2.21. The predicted molar refractivity (Wildman–Crippen MR) is 86.1 cm³/mol. The average Bonchev–Trinajstić information content (AvgIpc) is 2.55. The zero-order valence-corrected chi connectivity index (χ0v) is 12.9. The molecule has 0 fully saturated rings. The molecule has 0 saturated carbocycles. The summed E-state index contributed by atoms with van der Waals surface area (Å²) in [4.78, 5) is 13.3. The van der Waals surface area contributed by atoms with E-state index in [1.54, 1.807) is 24.3 Å². The Kier molecular flexibility index (Phi) is 5.53. The van der Waals surface area contributed by atoms with Crippen LogP contribution in [0.2, 0.25) is 0 Å². The summed E-state index contributed by atoms with van der Waals surface area (Å²) in [6.45, 7) is 5.95. The van der Waals surface area contributed by atoms with E-state index in [1.807, 2.05) is 12.1 Å². The number of hydrogen-bond acceptors (Lipinski definition) is 3. The molecule has 0 spiro atoms. The first-order valence-electron chi connectivity index (χ1n) is 7.40. The number of benzene rings is 2. The Labute approximate surface area is 130 Å². The number of nitrogens with zero attached hydrogens (tertiary/aromatic N) is 1.